The van der Waals surface area contributed by atoms with Gasteiger partial charge in [0.15, 0.2) is 0 Å². The van der Waals surface area contributed by atoms with E-state index < -0.39 is 11.9 Å². The van der Waals surface area contributed by atoms with Gasteiger partial charge in [-0.25, -0.2) is 0 Å². The van der Waals surface area contributed by atoms with E-state index >= 15 is 0 Å². The van der Waals surface area contributed by atoms with Crippen molar-refractivity contribution < 1.29 is 13.2 Å². The molecule has 0 amide bonds. The van der Waals surface area contributed by atoms with Gasteiger partial charge in [0.25, 0.3) is 0 Å². The Balaban J connectivity index is 2.30. The first-order valence-corrected chi connectivity index (χ1v) is 3.90. The summed E-state index contributed by atoms with van der Waals surface area (Å²) in [5, 5.41) is 6.56. The van der Waals surface area contributed by atoms with Crippen molar-refractivity contribution >= 4 is 0 Å². The van der Waals surface area contributed by atoms with Crippen molar-refractivity contribution in [2.45, 2.75) is 12.2 Å². The van der Waals surface area contributed by atoms with Crippen molar-refractivity contribution in [1.82, 2.24) is 15.1 Å². The molecule has 1 N–H and O–H groups in total. The Kier molecular flexibility index (Phi) is 1.80. The van der Waals surface area contributed by atoms with Gasteiger partial charge in [-0.15, -0.1) is 0 Å². The molecule has 1 aromatic rings. The molecular weight excluding hydrogens is 183 g/mol. The van der Waals surface area contributed by atoms with Crippen LogP contribution in [-0.4, -0.2) is 22.9 Å². The summed E-state index contributed by atoms with van der Waals surface area (Å²) in [5.41, 5.74) is -0.668. The van der Waals surface area contributed by atoms with Crippen LogP contribution in [0.25, 0.3) is 0 Å². The molecule has 1 fully saturated rings. The third kappa shape index (κ3) is 1.41. The fraction of sp³-hybridized carbons (Fsp3) is 0.571. The quantitative estimate of drug-likeness (QED) is 0.718. The summed E-state index contributed by atoms with van der Waals surface area (Å²) in [6, 6.07) is 0.852. The number of aromatic nitrogens is 2. The lowest BCUT2D eigenvalue weighted by molar-refractivity contribution is -0.145. The molecule has 0 aliphatic carbocycles. The first-order chi connectivity index (χ1) is 6.09. The Hall–Kier alpha value is -1.04. The largest absolute Gasteiger partial charge is 0.433 e. The number of hydrogen-bond acceptors (Lipinski definition) is 2. The van der Waals surface area contributed by atoms with Gasteiger partial charge < -0.3 is 5.32 Å². The average molecular weight is 191 g/mol. The monoisotopic (exact) mass is 191 g/mol. The standard InChI is InChI=1S/C7H8F3N3/c8-7(9,10)6-1-2-12-13(6)5-3-11-4-5/h1-2,5,11H,3-4H2. The maximum atomic E-state index is 12.3. The van der Waals surface area contributed by atoms with Crippen LogP contribution in [0.5, 0.6) is 0 Å². The van der Waals surface area contributed by atoms with E-state index in [1.807, 2.05) is 0 Å². The number of nitrogens with one attached hydrogen (secondary N) is 1. The Labute approximate surface area is 72.5 Å². The molecule has 0 aromatic carbocycles. The van der Waals surface area contributed by atoms with Crippen LogP contribution >= 0.6 is 0 Å². The highest BCUT2D eigenvalue weighted by molar-refractivity contribution is 5.07. The fourth-order valence-electron chi connectivity index (χ4n) is 1.28. The van der Waals surface area contributed by atoms with Crippen molar-refractivity contribution in [1.29, 1.82) is 0 Å². The number of alkyl halides is 3. The Morgan fingerprint density at radius 3 is 2.62 bits per heavy atom. The van der Waals surface area contributed by atoms with Gasteiger partial charge in [-0.05, 0) is 6.07 Å². The summed E-state index contributed by atoms with van der Waals surface area (Å²) in [4.78, 5) is 0. The van der Waals surface area contributed by atoms with E-state index in [0.717, 1.165) is 10.7 Å². The summed E-state index contributed by atoms with van der Waals surface area (Å²) in [5.74, 6) is 0. The van der Waals surface area contributed by atoms with Gasteiger partial charge in [-0.2, -0.15) is 18.3 Å². The van der Waals surface area contributed by atoms with Crippen molar-refractivity contribution in [2.75, 3.05) is 13.1 Å². The van der Waals surface area contributed by atoms with Crippen LogP contribution < -0.4 is 5.32 Å². The molecule has 0 bridgehead atoms. The third-order valence-corrected chi connectivity index (χ3v) is 2.07. The van der Waals surface area contributed by atoms with E-state index in [1.165, 1.54) is 6.20 Å². The second-order valence-electron chi connectivity index (χ2n) is 2.97. The highest BCUT2D eigenvalue weighted by Crippen LogP contribution is 2.30. The topological polar surface area (TPSA) is 29.9 Å². The summed E-state index contributed by atoms with van der Waals surface area (Å²) in [6.45, 7) is 1.12. The molecule has 6 heteroatoms. The van der Waals surface area contributed by atoms with Gasteiger partial charge in [0.1, 0.15) is 5.69 Å². The minimum atomic E-state index is -4.30. The van der Waals surface area contributed by atoms with Crippen LogP contribution in [-0.2, 0) is 6.18 Å². The van der Waals surface area contributed by atoms with Crippen LogP contribution in [0.1, 0.15) is 11.7 Å². The van der Waals surface area contributed by atoms with Crippen LogP contribution in [0, 0.1) is 0 Å². The van der Waals surface area contributed by atoms with Gasteiger partial charge >= 0.3 is 6.18 Å². The zero-order chi connectivity index (χ0) is 9.47. The molecule has 72 valence electrons. The van der Waals surface area contributed by atoms with E-state index in [9.17, 15) is 13.2 Å². The van der Waals surface area contributed by atoms with Gasteiger partial charge in [-0.1, -0.05) is 0 Å². The van der Waals surface area contributed by atoms with Crippen LogP contribution in [0.2, 0.25) is 0 Å². The molecule has 0 atom stereocenters. The molecule has 2 rings (SSSR count). The molecule has 3 nitrogen and oxygen atoms in total. The summed E-state index contributed by atoms with van der Waals surface area (Å²) >= 11 is 0. The number of halogens is 3. The smallest absolute Gasteiger partial charge is 0.312 e. The maximum absolute atomic E-state index is 12.3. The van der Waals surface area contributed by atoms with Gasteiger partial charge in [0.2, 0.25) is 0 Å². The molecule has 0 unspecified atom stereocenters. The predicted octanol–water partition coefficient (Wildman–Crippen LogP) is 1.05. The zero-order valence-electron chi connectivity index (χ0n) is 6.67. The lowest BCUT2D eigenvalue weighted by atomic mass is 10.2. The molecular formula is C7H8F3N3. The molecule has 1 aliphatic rings. The predicted molar refractivity (Wildman–Crippen MR) is 39.1 cm³/mol. The van der Waals surface area contributed by atoms with E-state index in [0.29, 0.717) is 13.1 Å². The van der Waals surface area contributed by atoms with E-state index in [1.54, 1.807) is 0 Å². The zero-order valence-corrected chi connectivity index (χ0v) is 6.67. The highest BCUT2D eigenvalue weighted by Gasteiger charge is 2.37. The fourth-order valence-corrected chi connectivity index (χ4v) is 1.28. The number of rotatable bonds is 1. The van der Waals surface area contributed by atoms with Gasteiger partial charge in [0.05, 0.1) is 6.04 Å². The third-order valence-electron chi connectivity index (χ3n) is 2.07. The Bertz CT molecular complexity index is 300. The second-order valence-corrected chi connectivity index (χ2v) is 2.97. The van der Waals surface area contributed by atoms with E-state index in [4.69, 9.17) is 0 Å². The molecule has 2 heterocycles. The first kappa shape index (κ1) is 8.55. The van der Waals surface area contributed by atoms with E-state index in [2.05, 4.69) is 10.4 Å². The second kappa shape index (κ2) is 2.73. The molecule has 0 radical (unpaired) electrons. The van der Waals surface area contributed by atoms with Crippen LogP contribution in [0.3, 0.4) is 0 Å². The van der Waals surface area contributed by atoms with Crippen molar-refractivity contribution in [3.63, 3.8) is 0 Å². The Morgan fingerprint density at radius 1 is 1.46 bits per heavy atom. The molecule has 1 aromatic heterocycles. The van der Waals surface area contributed by atoms with E-state index in [-0.39, 0.29) is 6.04 Å². The number of hydrogen-bond donors (Lipinski definition) is 1. The highest BCUT2D eigenvalue weighted by atomic mass is 19.4. The minimum Gasteiger partial charge on any atom is -0.312 e. The van der Waals surface area contributed by atoms with Gasteiger partial charge in [-0.3, -0.25) is 4.68 Å². The van der Waals surface area contributed by atoms with Crippen molar-refractivity contribution in [3.8, 4) is 0 Å². The maximum Gasteiger partial charge on any atom is 0.433 e. The van der Waals surface area contributed by atoms with Crippen LogP contribution in [0.15, 0.2) is 12.3 Å². The van der Waals surface area contributed by atoms with Crippen molar-refractivity contribution in [3.05, 3.63) is 18.0 Å². The van der Waals surface area contributed by atoms with Gasteiger partial charge in [0, 0.05) is 19.3 Å². The minimum absolute atomic E-state index is 0.147. The van der Waals surface area contributed by atoms with Crippen molar-refractivity contribution in [2.24, 2.45) is 0 Å². The Morgan fingerprint density at radius 2 is 2.15 bits per heavy atom. The molecule has 0 spiro atoms. The average Bonchev–Trinajstić information content (AvgIpc) is 2.29. The summed E-state index contributed by atoms with van der Waals surface area (Å²) in [6.07, 6.45) is -3.12. The molecule has 0 saturated carbocycles. The number of nitrogens with zero attached hydrogens (tertiary/aromatic N) is 2. The molecule has 1 saturated heterocycles. The lowest BCUT2D eigenvalue weighted by Gasteiger charge is -2.29. The summed E-state index contributed by atoms with van der Waals surface area (Å²) in [7, 11) is 0. The molecule has 1 aliphatic heterocycles. The van der Waals surface area contributed by atoms with Crippen LogP contribution in [0.4, 0.5) is 13.2 Å². The molecule has 13 heavy (non-hydrogen) atoms. The normalized spacial score (nSPS) is 18.7. The SMILES string of the molecule is FC(F)(F)c1ccnn1C1CNC1. The first-order valence-electron chi connectivity index (χ1n) is 3.90. The summed E-state index contributed by atoms with van der Waals surface area (Å²) < 4.78 is 38.0. The lowest BCUT2D eigenvalue weighted by Crippen LogP contribution is -2.45.